The van der Waals surface area contributed by atoms with Crippen LogP contribution in [0, 0.1) is 0 Å². The molecular weight excluding hydrogens is 631 g/mol. The van der Waals surface area contributed by atoms with Gasteiger partial charge in [-0.1, -0.05) is 0 Å². The molecule has 0 heterocycles. The third-order valence-corrected chi connectivity index (χ3v) is 18.7. The van der Waals surface area contributed by atoms with Gasteiger partial charge in [-0.2, -0.15) is 0 Å². The molecule has 0 N–H and O–H groups in total. The molecule has 0 spiro atoms. The van der Waals surface area contributed by atoms with Crippen molar-refractivity contribution in [3.8, 4) is 0 Å². The summed E-state index contributed by atoms with van der Waals surface area (Å²) in [6, 6.07) is 3.90. The van der Waals surface area contributed by atoms with E-state index >= 15 is 0 Å². The summed E-state index contributed by atoms with van der Waals surface area (Å²) in [5.41, 5.74) is -0.0385. The Bertz CT molecular complexity index is 1060. The van der Waals surface area contributed by atoms with Crippen LogP contribution >= 0.6 is 6.83 Å². The van der Waals surface area contributed by atoms with Crippen LogP contribution in [-0.2, 0) is 23.6 Å². The monoisotopic (exact) mass is 700 g/mol. The Morgan fingerprint density at radius 1 is 0.511 bits per heavy atom. The molecule has 0 aromatic heterocycles. The van der Waals surface area contributed by atoms with Gasteiger partial charge in [0.05, 0.1) is 0 Å². The van der Waals surface area contributed by atoms with Gasteiger partial charge < -0.3 is 0 Å². The number of hydrogen-bond acceptors (Lipinski definition) is 7. The summed E-state index contributed by atoms with van der Waals surface area (Å²) >= 11 is 0. The number of esters is 2. The number of hydrogen-bond donors (Lipinski definition) is 0. The van der Waals surface area contributed by atoms with Gasteiger partial charge in [-0.3, -0.25) is 0 Å². The third-order valence-electron chi connectivity index (χ3n) is 9.66. The Morgan fingerprint density at radius 3 is 1.17 bits per heavy atom. The Balaban J connectivity index is 3.72. The van der Waals surface area contributed by atoms with Crippen LogP contribution in [0.15, 0.2) is 23.1 Å². The molecule has 0 fully saturated rings. The molecule has 0 bridgehead atoms. The zero-order valence-corrected chi connectivity index (χ0v) is 32.6. The SMILES string of the molecule is CCCCCCCCP(CCCC)(CCCCCCCC)(CCCCCCCC)OS(=O)(=O)c1cc(C(=O)OC)cc(C(=O)OC)c1. The summed E-state index contributed by atoms with van der Waals surface area (Å²) in [7, 11) is -1.88. The van der Waals surface area contributed by atoms with Crippen molar-refractivity contribution in [1.29, 1.82) is 0 Å². The number of benzene rings is 1. The van der Waals surface area contributed by atoms with Crippen molar-refractivity contribution < 1.29 is 31.5 Å². The second-order valence-corrected chi connectivity index (χ2v) is 21.1. The van der Waals surface area contributed by atoms with Crippen molar-refractivity contribution in [1.82, 2.24) is 0 Å². The van der Waals surface area contributed by atoms with Crippen molar-refractivity contribution in [2.24, 2.45) is 0 Å². The molecule has 0 amide bonds. The molecule has 274 valence electrons. The first-order valence-corrected chi connectivity index (χ1v) is 23.1. The molecule has 47 heavy (non-hydrogen) atoms. The second-order valence-electron chi connectivity index (χ2n) is 13.7. The van der Waals surface area contributed by atoms with Crippen LogP contribution < -0.4 is 0 Å². The predicted octanol–water partition coefficient (Wildman–Crippen LogP) is 11.3. The molecule has 0 atom stereocenters. The van der Waals surface area contributed by atoms with E-state index in [0.29, 0.717) is 0 Å². The number of methoxy groups -OCH3 is 2. The van der Waals surface area contributed by atoms with E-state index in [4.69, 9.17) is 13.4 Å². The van der Waals surface area contributed by atoms with Gasteiger partial charge in [0.2, 0.25) is 0 Å². The number of ether oxygens (including phenoxy) is 2. The quantitative estimate of drug-likeness (QED) is 0.0466. The van der Waals surface area contributed by atoms with E-state index in [-0.39, 0.29) is 16.0 Å². The van der Waals surface area contributed by atoms with E-state index in [1.54, 1.807) is 0 Å². The van der Waals surface area contributed by atoms with Crippen LogP contribution in [0.3, 0.4) is 0 Å². The summed E-state index contributed by atoms with van der Waals surface area (Å²) in [4.78, 5) is 25.0. The standard InChI is InChI=1S/C38H69O7PS/c1-7-11-15-18-21-24-28-46(27-14-10-4,29-25-22-19-16-12-8-2,30-26-23-20-17-13-9-3)45-47(41,42)36-32-34(37(39)43-5)31-35(33-36)38(40)44-6/h31-33H,7-30H2,1-6H3. The Hall–Kier alpha value is -1.50. The van der Waals surface area contributed by atoms with Gasteiger partial charge in [-0.15, -0.1) is 0 Å². The summed E-state index contributed by atoms with van der Waals surface area (Å²) in [5, 5.41) is 0. The molecule has 7 nitrogen and oxygen atoms in total. The first kappa shape index (κ1) is 43.5. The van der Waals surface area contributed by atoms with Gasteiger partial charge in [0.1, 0.15) is 0 Å². The fourth-order valence-corrected chi connectivity index (χ4v) is 16.6. The van der Waals surface area contributed by atoms with E-state index in [0.717, 1.165) is 95.3 Å². The van der Waals surface area contributed by atoms with E-state index < -0.39 is 28.9 Å². The van der Waals surface area contributed by atoms with Gasteiger partial charge >= 0.3 is 290 Å². The first-order valence-electron chi connectivity index (χ1n) is 18.8. The Morgan fingerprint density at radius 2 is 0.830 bits per heavy atom. The normalized spacial score (nSPS) is 12.9. The van der Waals surface area contributed by atoms with Crippen LogP contribution in [0.2, 0.25) is 0 Å². The Labute approximate surface area is 288 Å². The zero-order valence-electron chi connectivity index (χ0n) is 30.9. The number of unbranched alkanes of at least 4 members (excludes halogenated alkanes) is 16. The molecule has 0 unspecified atom stereocenters. The Kier molecular flexibility index (Phi) is 22.0. The van der Waals surface area contributed by atoms with Crippen LogP contribution in [0.5, 0.6) is 0 Å². The number of carbonyl (C=O) groups is 2. The van der Waals surface area contributed by atoms with E-state index in [2.05, 4.69) is 27.7 Å². The molecule has 9 heteroatoms. The minimum absolute atomic E-state index is 0.0192. The maximum absolute atomic E-state index is 14.6. The molecule has 0 saturated heterocycles. The van der Waals surface area contributed by atoms with E-state index in [1.807, 2.05) is 0 Å². The van der Waals surface area contributed by atoms with Crippen LogP contribution in [0.1, 0.15) is 177 Å². The molecule has 0 aliphatic heterocycles. The van der Waals surface area contributed by atoms with Crippen molar-refractivity contribution in [3.63, 3.8) is 0 Å². The zero-order chi connectivity index (χ0) is 35.0. The average molecular weight is 701 g/mol. The van der Waals surface area contributed by atoms with E-state index in [9.17, 15) is 18.0 Å². The van der Waals surface area contributed by atoms with Gasteiger partial charge in [0.25, 0.3) is 0 Å². The van der Waals surface area contributed by atoms with Crippen molar-refractivity contribution in [2.45, 2.75) is 161 Å². The third kappa shape index (κ3) is 15.7. The summed E-state index contributed by atoms with van der Waals surface area (Å²) in [5.74, 6) is -1.44. The molecular formula is C38H69O7PS. The molecule has 0 aliphatic carbocycles. The number of carbonyl (C=O) groups excluding carboxylic acids is 2. The van der Waals surface area contributed by atoms with Gasteiger partial charge in [0, 0.05) is 0 Å². The molecule has 1 rings (SSSR count). The minimum atomic E-state index is -4.35. The fourth-order valence-electron chi connectivity index (χ4n) is 6.79. The summed E-state index contributed by atoms with van der Waals surface area (Å²) in [6.07, 6.45) is 25.5. The fraction of sp³-hybridized carbons (Fsp3) is 0.789. The molecule has 1 aromatic carbocycles. The summed E-state index contributed by atoms with van der Waals surface area (Å²) in [6.45, 7) is 5.49. The second kappa shape index (κ2) is 23.8. The molecule has 0 saturated carbocycles. The number of rotatable bonds is 29. The predicted molar refractivity (Wildman–Crippen MR) is 199 cm³/mol. The van der Waals surface area contributed by atoms with Crippen molar-refractivity contribution in [2.75, 3.05) is 38.9 Å². The maximum atomic E-state index is 14.6. The van der Waals surface area contributed by atoms with E-state index in [1.165, 1.54) is 90.2 Å². The topological polar surface area (TPSA) is 96.0 Å². The molecule has 0 aliphatic rings. The first-order chi connectivity index (χ1) is 22.6. The molecule has 1 aromatic rings. The molecule has 0 radical (unpaired) electrons. The van der Waals surface area contributed by atoms with Gasteiger partial charge in [-0.25, -0.2) is 0 Å². The van der Waals surface area contributed by atoms with Crippen molar-refractivity contribution in [3.05, 3.63) is 29.3 Å². The van der Waals surface area contributed by atoms with Crippen LogP contribution in [0.25, 0.3) is 0 Å². The summed E-state index contributed by atoms with van der Waals surface area (Å²) < 4.78 is 45.9. The van der Waals surface area contributed by atoms with Crippen LogP contribution in [0.4, 0.5) is 0 Å². The van der Waals surface area contributed by atoms with Gasteiger partial charge in [0.15, 0.2) is 0 Å². The van der Waals surface area contributed by atoms with Gasteiger partial charge in [-0.05, 0) is 0 Å². The van der Waals surface area contributed by atoms with Crippen molar-refractivity contribution >= 4 is 28.9 Å². The average Bonchev–Trinajstić information content (AvgIpc) is 3.07. The van der Waals surface area contributed by atoms with Crippen LogP contribution in [-0.4, -0.2) is 59.2 Å².